The summed E-state index contributed by atoms with van der Waals surface area (Å²) in [6.07, 6.45) is 0. The Labute approximate surface area is 119 Å². The molecule has 106 valence electrons. The molecule has 0 aromatic heterocycles. The van der Waals surface area contributed by atoms with Gasteiger partial charge >= 0.3 is 0 Å². The molecular weight excluding hydrogens is 262 g/mol. The van der Waals surface area contributed by atoms with Crippen molar-refractivity contribution in [2.24, 2.45) is 5.92 Å². The average Bonchev–Trinajstić information content (AvgIpc) is 2.32. The Morgan fingerprint density at radius 2 is 2.05 bits per heavy atom. The Bertz CT molecular complexity index is 448. The van der Waals surface area contributed by atoms with Crippen LogP contribution in [0.3, 0.4) is 0 Å². The van der Waals surface area contributed by atoms with Gasteiger partial charge in [0.1, 0.15) is 0 Å². The molecule has 0 radical (unpaired) electrons. The average molecular weight is 284 g/mol. The van der Waals surface area contributed by atoms with E-state index in [1.165, 1.54) is 0 Å². The summed E-state index contributed by atoms with van der Waals surface area (Å²) < 4.78 is 0. The summed E-state index contributed by atoms with van der Waals surface area (Å²) in [5.74, 6) is 0.399. The number of nitrogens with two attached hydrogens (primary N) is 1. The Balaban J connectivity index is 2.63. The highest BCUT2D eigenvalue weighted by molar-refractivity contribution is 6.33. The first-order valence-corrected chi connectivity index (χ1v) is 6.74. The van der Waals surface area contributed by atoms with Crippen molar-refractivity contribution in [2.45, 2.75) is 26.8 Å². The summed E-state index contributed by atoms with van der Waals surface area (Å²) in [4.78, 5) is 14.0. The van der Waals surface area contributed by atoms with Gasteiger partial charge in [0.05, 0.1) is 17.3 Å². The summed E-state index contributed by atoms with van der Waals surface area (Å²) in [7, 11) is 1.94. The van der Waals surface area contributed by atoms with Crippen molar-refractivity contribution >= 4 is 28.9 Å². The van der Waals surface area contributed by atoms with Gasteiger partial charge in [0.25, 0.3) is 0 Å². The molecule has 4 nitrogen and oxygen atoms in total. The normalized spacial score (nSPS) is 12.8. The lowest BCUT2D eigenvalue weighted by molar-refractivity contribution is -0.117. The monoisotopic (exact) mass is 283 g/mol. The fourth-order valence-corrected chi connectivity index (χ4v) is 1.87. The standard InChI is InChI=1S/C14H22ClN3O/c1-9(2)10(3)18(4)8-14(19)17-13-7-11(16)5-6-12(13)15/h5-7,9-10H,8,16H2,1-4H3,(H,17,19). The molecule has 1 rings (SSSR count). The van der Waals surface area contributed by atoms with Crippen LogP contribution in [0.1, 0.15) is 20.8 Å². The number of hydrogen-bond donors (Lipinski definition) is 2. The highest BCUT2D eigenvalue weighted by Gasteiger charge is 2.16. The number of amides is 1. The van der Waals surface area contributed by atoms with Crippen LogP contribution in [-0.4, -0.2) is 30.4 Å². The second kappa shape index (κ2) is 6.78. The second-order valence-corrected chi connectivity index (χ2v) is 5.59. The van der Waals surface area contributed by atoms with E-state index in [-0.39, 0.29) is 5.91 Å². The molecule has 1 unspecified atom stereocenters. The summed E-state index contributed by atoms with van der Waals surface area (Å²) >= 11 is 6.01. The Hall–Kier alpha value is -1.26. The highest BCUT2D eigenvalue weighted by atomic mass is 35.5. The first kappa shape index (κ1) is 15.8. The van der Waals surface area contributed by atoms with Crippen LogP contribution < -0.4 is 11.1 Å². The smallest absolute Gasteiger partial charge is 0.238 e. The molecule has 19 heavy (non-hydrogen) atoms. The van der Waals surface area contributed by atoms with Crippen molar-refractivity contribution in [3.05, 3.63) is 23.2 Å². The number of hydrogen-bond acceptors (Lipinski definition) is 3. The number of halogens is 1. The molecule has 0 aliphatic rings. The van der Waals surface area contributed by atoms with Crippen molar-refractivity contribution in [1.82, 2.24) is 4.90 Å². The fourth-order valence-electron chi connectivity index (χ4n) is 1.71. The molecule has 0 aliphatic heterocycles. The predicted molar refractivity (Wildman–Crippen MR) is 81.4 cm³/mol. The van der Waals surface area contributed by atoms with Crippen LogP contribution in [0.25, 0.3) is 0 Å². The molecule has 5 heteroatoms. The summed E-state index contributed by atoms with van der Waals surface area (Å²) in [6.45, 7) is 6.69. The molecule has 0 heterocycles. The summed E-state index contributed by atoms with van der Waals surface area (Å²) in [6, 6.07) is 5.37. The maximum atomic E-state index is 12.0. The number of benzene rings is 1. The van der Waals surface area contributed by atoms with Gasteiger partial charge in [-0.05, 0) is 38.1 Å². The lowest BCUT2D eigenvalue weighted by atomic mass is 10.1. The fraction of sp³-hybridized carbons (Fsp3) is 0.500. The molecule has 0 bridgehead atoms. The molecule has 1 amide bonds. The van der Waals surface area contributed by atoms with Gasteiger partial charge < -0.3 is 11.1 Å². The number of nitrogen functional groups attached to an aromatic ring is 1. The third-order valence-electron chi connectivity index (χ3n) is 3.32. The SMILES string of the molecule is CC(C)C(C)N(C)CC(=O)Nc1cc(N)ccc1Cl. The molecular formula is C14H22ClN3O. The maximum Gasteiger partial charge on any atom is 0.238 e. The van der Waals surface area contributed by atoms with Gasteiger partial charge in [0.2, 0.25) is 5.91 Å². The second-order valence-electron chi connectivity index (χ2n) is 5.19. The summed E-state index contributed by atoms with van der Waals surface area (Å²) in [5.41, 5.74) is 6.80. The molecule has 3 N–H and O–H groups in total. The van der Waals surface area contributed by atoms with Gasteiger partial charge in [-0.2, -0.15) is 0 Å². The van der Waals surface area contributed by atoms with Crippen molar-refractivity contribution < 1.29 is 4.79 Å². The van der Waals surface area contributed by atoms with E-state index in [0.717, 1.165) is 0 Å². The topological polar surface area (TPSA) is 58.4 Å². The maximum absolute atomic E-state index is 12.0. The van der Waals surface area contributed by atoms with Crippen molar-refractivity contribution in [1.29, 1.82) is 0 Å². The summed E-state index contributed by atoms with van der Waals surface area (Å²) in [5, 5.41) is 3.27. The number of nitrogens with zero attached hydrogens (tertiary/aromatic N) is 1. The highest BCUT2D eigenvalue weighted by Crippen LogP contribution is 2.24. The largest absolute Gasteiger partial charge is 0.399 e. The minimum atomic E-state index is -0.0949. The van der Waals surface area contributed by atoms with Gasteiger partial charge in [-0.1, -0.05) is 25.4 Å². The van der Waals surface area contributed by atoms with E-state index < -0.39 is 0 Å². The van der Waals surface area contributed by atoms with Crippen LogP contribution in [-0.2, 0) is 4.79 Å². The number of carbonyl (C=O) groups is 1. The van der Waals surface area contributed by atoms with E-state index in [0.29, 0.717) is 34.9 Å². The van der Waals surface area contributed by atoms with Crippen molar-refractivity contribution in [3.63, 3.8) is 0 Å². The molecule has 0 fully saturated rings. The number of rotatable bonds is 5. The minimum absolute atomic E-state index is 0.0949. The van der Waals surface area contributed by atoms with E-state index >= 15 is 0 Å². The van der Waals surface area contributed by atoms with E-state index in [4.69, 9.17) is 17.3 Å². The van der Waals surface area contributed by atoms with Crippen molar-refractivity contribution in [3.8, 4) is 0 Å². The molecule has 1 atom stereocenters. The minimum Gasteiger partial charge on any atom is -0.399 e. The Morgan fingerprint density at radius 3 is 2.63 bits per heavy atom. The van der Waals surface area contributed by atoms with Gasteiger partial charge in [0, 0.05) is 11.7 Å². The van der Waals surface area contributed by atoms with Crippen LogP contribution in [0.5, 0.6) is 0 Å². The third-order valence-corrected chi connectivity index (χ3v) is 3.65. The zero-order valence-electron chi connectivity index (χ0n) is 11.9. The Kier molecular flexibility index (Phi) is 5.63. The molecule has 0 saturated carbocycles. The van der Waals surface area contributed by atoms with E-state index in [2.05, 4.69) is 26.1 Å². The Morgan fingerprint density at radius 1 is 1.42 bits per heavy atom. The number of carbonyl (C=O) groups excluding carboxylic acids is 1. The van der Waals surface area contributed by atoms with Crippen LogP contribution in [0.15, 0.2) is 18.2 Å². The van der Waals surface area contributed by atoms with E-state index in [1.54, 1.807) is 18.2 Å². The predicted octanol–water partition coefficient (Wildman–Crippen LogP) is 2.84. The lowest BCUT2D eigenvalue weighted by Crippen LogP contribution is -2.39. The van der Waals surface area contributed by atoms with E-state index in [1.807, 2.05) is 11.9 Å². The quantitative estimate of drug-likeness (QED) is 0.817. The van der Waals surface area contributed by atoms with Gasteiger partial charge in [-0.3, -0.25) is 9.69 Å². The molecule has 0 spiro atoms. The van der Waals surface area contributed by atoms with Crippen LogP contribution in [0, 0.1) is 5.92 Å². The zero-order chi connectivity index (χ0) is 14.6. The molecule has 0 aliphatic carbocycles. The molecule has 0 saturated heterocycles. The van der Waals surface area contributed by atoms with Gasteiger partial charge in [0.15, 0.2) is 0 Å². The van der Waals surface area contributed by atoms with Gasteiger partial charge in [-0.25, -0.2) is 0 Å². The van der Waals surface area contributed by atoms with Crippen LogP contribution in [0.2, 0.25) is 5.02 Å². The zero-order valence-corrected chi connectivity index (χ0v) is 12.7. The van der Waals surface area contributed by atoms with Crippen LogP contribution >= 0.6 is 11.6 Å². The number of nitrogens with one attached hydrogen (secondary N) is 1. The number of anilines is 2. The first-order valence-electron chi connectivity index (χ1n) is 6.36. The van der Waals surface area contributed by atoms with Crippen molar-refractivity contribution in [2.75, 3.05) is 24.6 Å². The third kappa shape index (κ3) is 4.73. The molecule has 1 aromatic rings. The van der Waals surface area contributed by atoms with E-state index in [9.17, 15) is 4.79 Å². The number of likely N-dealkylation sites (N-methyl/N-ethyl adjacent to an activating group) is 1. The molecule has 1 aromatic carbocycles. The first-order chi connectivity index (χ1) is 8.81. The van der Waals surface area contributed by atoms with Gasteiger partial charge in [-0.15, -0.1) is 0 Å². The van der Waals surface area contributed by atoms with Crippen LogP contribution in [0.4, 0.5) is 11.4 Å². The lowest BCUT2D eigenvalue weighted by Gasteiger charge is -2.27.